The van der Waals surface area contributed by atoms with E-state index in [1.807, 2.05) is 72.8 Å². The molecule has 0 unspecified atom stereocenters. The molecule has 0 bridgehead atoms. The molecule has 0 fully saturated rings. The van der Waals surface area contributed by atoms with Crippen molar-refractivity contribution in [2.75, 3.05) is 0 Å². The van der Waals surface area contributed by atoms with Crippen LogP contribution in [0.5, 0.6) is 0 Å². The van der Waals surface area contributed by atoms with Crippen LogP contribution >= 0.6 is 7.14 Å². The molecule has 0 spiro atoms. The van der Waals surface area contributed by atoms with Gasteiger partial charge >= 0.3 is 0 Å². The van der Waals surface area contributed by atoms with E-state index >= 15 is 4.57 Å². The van der Waals surface area contributed by atoms with Crippen LogP contribution in [0.2, 0.25) is 0 Å². The van der Waals surface area contributed by atoms with Gasteiger partial charge in [-0.2, -0.15) is 0 Å². The van der Waals surface area contributed by atoms with Crippen LogP contribution in [0.3, 0.4) is 0 Å². The highest BCUT2D eigenvalue weighted by Gasteiger charge is 2.31. The maximum absolute atomic E-state index is 15.4. The summed E-state index contributed by atoms with van der Waals surface area (Å²) in [6, 6.07) is 47.2. The van der Waals surface area contributed by atoms with Crippen LogP contribution in [0.15, 0.2) is 140 Å². The van der Waals surface area contributed by atoms with Crippen LogP contribution in [0.25, 0.3) is 49.1 Å². The Kier molecular flexibility index (Phi) is 4.79. The van der Waals surface area contributed by atoms with E-state index in [2.05, 4.69) is 71.1 Å². The van der Waals surface area contributed by atoms with Gasteiger partial charge in [-0.15, -0.1) is 0 Å². The number of fused-ring (bicyclic) bond motifs is 10. The number of aromatic nitrogens is 2. The van der Waals surface area contributed by atoms with Gasteiger partial charge in [0.05, 0.1) is 16.6 Å². The predicted molar refractivity (Wildman–Crippen MR) is 165 cm³/mol. The minimum Gasteiger partial charge on any atom is -0.309 e. The van der Waals surface area contributed by atoms with Crippen LogP contribution in [-0.2, 0) is 4.57 Å². The lowest BCUT2D eigenvalue weighted by Gasteiger charge is -2.22. The van der Waals surface area contributed by atoms with Gasteiger partial charge in [-0.3, -0.25) is 4.40 Å². The molecule has 6 aromatic carbocycles. The van der Waals surface area contributed by atoms with Gasteiger partial charge in [0.15, 0.2) is 7.14 Å². The third-order valence-corrected chi connectivity index (χ3v) is 11.0. The SMILES string of the molecule is O=P(c1ccccc1)(c1ccccc1)c1cccc2c1ccc1c3ccccc3c3nc4ccccc4n3c21. The van der Waals surface area contributed by atoms with E-state index in [-0.39, 0.29) is 0 Å². The normalized spacial score (nSPS) is 12.2. The predicted octanol–water partition coefficient (Wildman–Crippen LogP) is 7.59. The van der Waals surface area contributed by atoms with Crippen molar-refractivity contribution in [1.29, 1.82) is 0 Å². The molecule has 8 rings (SSSR count). The van der Waals surface area contributed by atoms with E-state index in [0.717, 1.165) is 65.0 Å². The molecule has 2 aromatic heterocycles. The van der Waals surface area contributed by atoms with Gasteiger partial charge in [-0.05, 0) is 22.9 Å². The zero-order valence-corrected chi connectivity index (χ0v) is 21.9. The van der Waals surface area contributed by atoms with Gasteiger partial charge < -0.3 is 4.57 Å². The van der Waals surface area contributed by atoms with E-state index in [4.69, 9.17) is 4.98 Å². The topological polar surface area (TPSA) is 34.4 Å². The van der Waals surface area contributed by atoms with Crippen LogP contribution in [-0.4, -0.2) is 9.38 Å². The second-order valence-corrected chi connectivity index (χ2v) is 12.7. The summed E-state index contributed by atoms with van der Waals surface area (Å²) in [5.41, 5.74) is 4.05. The van der Waals surface area contributed by atoms with E-state index in [9.17, 15) is 0 Å². The van der Waals surface area contributed by atoms with Crippen molar-refractivity contribution in [3.63, 3.8) is 0 Å². The van der Waals surface area contributed by atoms with E-state index in [1.165, 1.54) is 0 Å². The van der Waals surface area contributed by atoms with Crippen molar-refractivity contribution in [3.8, 4) is 0 Å². The van der Waals surface area contributed by atoms with Crippen molar-refractivity contribution in [1.82, 2.24) is 9.38 Å². The summed E-state index contributed by atoms with van der Waals surface area (Å²) in [4.78, 5) is 5.07. The molecule has 0 aliphatic carbocycles. The van der Waals surface area contributed by atoms with Crippen LogP contribution in [0.1, 0.15) is 0 Å². The zero-order valence-electron chi connectivity index (χ0n) is 21.0. The zero-order chi connectivity index (χ0) is 26.0. The Balaban J connectivity index is 1.59. The molecule has 0 saturated carbocycles. The minimum atomic E-state index is -3.17. The summed E-state index contributed by atoms with van der Waals surface area (Å²) >= 11 is 0. The molecule has 0 atom stereocenters. The molecule has 0 aliphatic rings. The number of rotatable bonds is 3. The molecule has 39 heavy (non-hydrogen) atoms. The van der Waals surface area contributed by atoms with Gasteiger partial charge in [-0.1, -0.05) is 127 Å². The summed E-state index contributed by atoms with van der Waals surface area (Å²) in [7, 11) is -3.17. The van der Waals surface area contributed by atoms with Gasteiger partial charge in [0, 0.05) is 32.1 Å². The highest BCUT2D eigenvalue weighted by atomic mass is 31.2. The second-order valence-electron chi connectivity index (χ2n) is 9.92. The average molecular weight is 519 g/mol. The third kappa shape index (κ3) is 3.11. The van der Waals surface area contributed by atoms with Crippen molar-refractivity contribution in [3.05, 3.63) is 140 Å². The Hall–Kier alpha value is -4.72. The summed E-state index contributed by atoms with van der Waals surface area (Å²) in [5.74, 6) is 0. The van der Waals surface area contributed by atoms with Gasteiger partial charge in [0.2, 0.25) is 0 Å². The molecule has 0 N–H and O–H groups in total. The Labute approximate surface area is 225 Å². The van der Waals surface area contributed by atoms with Crippen molar-refractivity contribution < 1.29 is 4.57 Å². The lowest BCUT2D eigenvalue weighted by Crippen LogP contribution is -2.25. The maximum Gasteiger partial charge on any atom is 0.171 e. The van der Waals surface area contributed by atoms with Gasteiger partial charge in [0.1, 0.15) is 5.65 Å². The fourth-order valence-corrected chi connectivity index (χ4v) is 8.98. The fraction of sp³-hybridized carbons (Fsp3) is 0. The first-order chi connectivity index (χ1) is 19.2. The molecular formula is C35H23N2OP. The van der Waals surface area contributed by atoms with Crippen molar-refractivity contribution >= 4 is 72.2 Å². The Morgan fingerprint density at radius 2 is 1.05 bits per heavy atom. The summed E-state index contributed by atoms with van der Waals surface area (Å²) in [6.07, 6.45) is 0. The van der Waals surface area contributed by atoms with Gasteiger partial charge in [-0.25, -0.2) is 4.98 Å². The monoisotopic (exact) mass is 518 g/mol. The number of imidazole rings is 1. The van der Waals surface area contributed by atoms with Crippen molar-refractivity contribution in [2.45, 2.75) is 0 Å². The summed E-state index contributed by atoms with van der Waals surface area (Å²) < 4.78 is 17.7. The summed E-state index contributed by atoms with van der Waals surface area (Å²) in [6.45, 7) is 0. The first-order valence-corrected chi connectivity index (χ1v) is 14.8. The molecular weight excluding hydrogens is 495 g/mol. The van der Waals surface area contributed by atoms with Crippen LogP contribution in [0, 0.1) is 0 Å². The number of hydrogen-bond donors (Lipinski definition) is 0. The third-order valence-electron chi connectivity index (χ3n) is 7.83. The number of para-hydroxylation sites is 2. The molecule has 0 aliphatic heterocycles. The summed E-state index contributed by atoms with van der Waals surface area (Å²) in [5, 5.41) is 8.02. The van der Waals surface area contributed by atoms with E-state index in [1.54, 1.807) is 0 Å². The molecule has 2 heterocycles. The number of hydrogen-bond acceptors (Lipinski definition) is 2. The number of nitrogens with zero attached hydrogens (tertiary/aromatic N) is 2. The van der Waals surface area contributed by atoms with Gasteiger partial charge in [0.25, 0.3) is 0 Å². The largest absolute Gasteiger partial charge is 0.309 e. The first-order valence-electron chi connectivity index (χ1n) is 13.1. The highest BCUT2D eigenvalue weighted by Crippen LogP contribution is 2.45. The Morgan fingerprint density at radius 1 is 0.487 bits per heavy atom. The number of benzene rings is 6. The first kappa shape index (κ1) is 22.3. The van der Waals surface area contributed by atoms with Crippen LogP contribution < -0.4 is 15.9 Å². The highest BCUT2D eigenvalue weighted by molar-refractivity contribution is 7.85. The molecule has 184 valence electrons. The quantitative estimate of drug-likeness (QED) is 0.178. The minimum absolute atomic E-state index is 0.834. The number of pyridine rings is 1. The maximum atomic E-state index is 15.4. The molecule has 3 nitrogen and oxygen atoms in total. The standard InChI is InChI=1S/C35H23N2OP/c38-39(24-12-3-1-4-13-24,25-14-5-2-6-15-25)33-21-11-18-28-27(33)22-23-29-26-16-7-8-17-30(26)35-36-31-19-9-10-20-32(31)37(35)34(28)29/h1-23H. The smallest absolute Gasteiger partial charge is 0.171 e. The molecule has 4 heteroatoms. The lowest BCUT2D eigenvalue weighted by atomic mass is 10.0. The van der Waals surface area contributed by atoms with Crippen LogP contribution in [0.4, 0.5) is 0 Å². The van der Waals surface area contributed by atoms with E-state index in [0.29, 0.717) is 0 Å². The van der Waals surface area contributed by atoms with E-state index < -0.39 is 7.14 Å². The molecule has 8 aromatic rings. The average Bonchev–Trinajstić information content (AvgIpc) is 3.41. The fourth-order valence-electron chi connectivity index (χ4n) is 6.11. The Bertz CT molecular complexity index is 2210. The lowest BCUT2D eigenvalue weighted by molar-refractivity contribution is 0.592. The molecule has 0 saturated heterocycles. The molecule has 0 radical (unpaired) electrons. The van der Waals surface area contributed by atoms with Crippen molar-refractivity contribution in [2.24, 2.45) is 0 Å². The Morgan fingerprint density at radius 3 is 1.79 bits per heavy atom. The second kappa shape index (κ2) is 8.39. The molecule has 0 amide bonds.